The Morgan fingerprint density at radius 1 is 1.13 bits per heavy atom. The van der Waals surface area contributed by atoms with Crippen LogP contribution in [0, 0.1) is 0 Å². The van der Waals surface area contributed by atoms with Crippen LogP contribution in [-0.4, -0.2) is 27.8 Å². The van der Waals surface area contributed by atoms with Gasteiger partial charge in [0.15, 0.2) is 21.7 Å². The zero-order chi connectivity index (χ0) is 20.3. The second-order valence-corrected chi connectivity index (χ2v) is 8.71. The molecule has 10 heteroatoms. The highest BCUT2D eigenvalue weighted by Gasteiger charge is 2.15. The number of thiazole rings is 1. The monoisotopic (exact) mass is 440 g/mol. The maximum absolute atomic E-state index is 12.2. The molecule has 4 aromatic rings. The molecule has 0 bridgehead atoms. The molecule has 1 N–H and O–H groups in total. The second kappa shape index (κ2) is 8.33. The highest BCUT2D eigenvalue weighted by atomic mass is 32.2. The molecule has 0 unspecified atom stereocenters. The van der Waals surface area contributed by atoms with Gasteiger partial charge in [-0.25, -0.2) is 4.98 Å². The van der Waals surface area contributed by atoms with Gasteiger partial charge in [0.2, 0.25) is 18.6 Å². The first-order valence-electron chi connectivity index (χ1n) is 9.22. The molecule has 0 radical (unpaired) electrons. The van der Waals surface area contributed by atoms with Crippen LogP contribution in [-0.2, 0) is 17.0 Å². The molecule has 0 saturated carbocycles. The van der Waals surface area contributed by atoms with E-state index in [0.29, 0.717) is 41.1 Å². The number of benzene rings is 2. The minimum absolute atomic E-state index is 0.141. The third-order valence-electron chi connectivity index (χ3n) is 4.33. The van der Waals surface area contributed by atoms with Crippen LogP contribution >= 0.6 is 23.1 Å². The average Bonchev–Trinajstić information content (AvgIpc) is 3.49. The molecule has 0 aliphatic carbocycles. The Labute approximate surface area is 179 Å². The summed E-state index contributed by atoms with van der Waals surface area (Å²) in [5.74, 6) is 2.75. The third kappa shape index (κ3) is 4.24. The van der Waals surface area contributed by atoms with Gasteiger partial charge < -0.3 is 19.3 Å². The molecule has 2 aromatic heterocycles. The summed E-state index contributed by atoms with van der Waals surface area (Å²) in [5, 5.41) is 6.83. The molecule has 1 aliphatic rings. The number of thioether (sulfide) groups is 1. The Balaban J connectivity index is 1.12. The fourth-order valence-electron chi connectivity index (χ4n) is 2.91. The van der Waals surface area contributed by atoms with Gasteiger partial charge in [0.1, 0.15) is 0 Å². The molecule has 0 spiro atoms. The number of nitrogens with one attached hydrogen (secondary N) is 1. The summed E-state index contributed by atoms with van der Waals surface area (Å²) in [6.07, 6.45) is 0.607. The largest absolute Gasteiger partial charge is 0.454 e. The first-order chi connectivity index (χ1) is 14.7. The van der Waals surface area contributed by atoms with E-state index in [4.69, 9.17) is 14.0 Å². The Morgan fingerprint density at radius 3 is 2.97 bits per heavy atom. The highest BCUT2D eigenvalue weighted by Crippen LogP contribution is 2.34. The molecule has 2 aromatic carbocycles. The Hall–Kier alpha value is -3.11. The molecule has 3 heterocycles. The van der Waals surface area contributed by atoms with E-state index in [1.165, 1.54) is 0 Å². The number of ether oxygens (including phenoxy) is 2. The summed E-state index contributed by atoms with van der Waals surface area (Å²) < 4.78 is 18.0. The molecule has 8 nitrogen and oxygen atoms in total. The molecular weight excluding hydrogens is 424 g/mol. The number of anilines is 1. The van der Waals surface area contributed by atoms with Gasteiger partial charge in [0, 0.05) is 24.6 Å². The van der Waals surface area contributed by atoms with Crippen molar-refractivity contribution in [2.45, 2.75) is 22.9 Å². The zero-order valence-electron chi connectivity index (χ0n) is 15.7. The lowest BCUT2D eigenvalue weighted by Gasteiger charge is -2.05. The van der Waals surface area contributed by atoms with Crippen LogP contribution in [0.4, 0.5) is 5.69 Å². The average molecular weight is 441 g/mol. The van der Waals surface area contributed by atoms with Crippen molar-refractivity contribution in [1.82, 2.24) is 15.1 Å². The molecule has 5 rings (SSSR count). The molecule has 0 saturated heterocycles. The number of para-hydroxylation sites is 1. The van der Waals surface area contributed by atoms with Crippen LogP contribution in [0.15, 0.2) is 51.3 Å². The Morgan fingerprint density at radius 2 is 2.03 bits per heavy atom. The van der Waals surface area contributed by atoms with Gasteiger partial charge >= 0.3 is 0 Å². The molecule has 152 valence electrons. The van der Waals surface area contributed by atoms with Gasteiger partial charge in [-0.05, 0) is 24.3 Å². The van der Waals surface area contributed by atoms with Crippen LogP contribution in [0.3, 0.4) is 0 Å². The molecule has 30 heavy (non-hydrogen) atoms. The lowest BCUT2D eigenvalue weighted by molar-refractivity contribution is -0.116. The van der Waals surface area contributed by atoms with Crippen molar-refractivity contribution in [3.05, 3.63) is 54.2 Å². The standard InChI is InChI=1S/C20H16N4O4S2/c25-18(21-12-5-6-14-15(9-12)27-11-26-14)7-8-19-23-17(24-28-19)10-29-20-22-13-3-1-2-4-16(13)30-20/h1-6,9H,7-8,10-11H2,(H,21,25). The van der Waals surface area contributed by atoms with Crippen LogP contribution < -0.4 is 14.8 Å². The summed E-state index contributed by atoms with van der Waals surface area (Å²) >= 11 is 3.21. The number of hydrogen-bond acceptors (Lipinski definition) is 9. The fourth-order valence-corrected chi connectivity index (χ4v) is 4.82. The van der Waals surface area contributed by atoms with Gasteiger partial charge in [-0.2, -0.15) is 4.98 Å². The Bertz CT molecular complexity index is 1170. The van der Waals surface area contributed by atoms with Crippen molar-refractivity contribution in [2.24, 2.45) is 0 Å². The van der Waals surface area contributed by atoms with Crippen molar-refractivity contribution < 1.29 is 18.8 Å². The van der Waals surface area contributed by atoms with E-state index < -0.39 is 0 Å². The van der Waals surface area contributed by atoms with Crippen LogP contribution in [0.2, 0.25) is 0 Å². The summed E-state index contributed by atoms with van der Waals surface area (Å²) in [5.41, 5.74) is 1.65. The normalized spacial score (nSPS) is 12.4. The molecule has 1 amide bonds. The number of nitrogens with zero attached hydrogens (tertiary/aromatic N) is 3. The predicted molar refractivity (Wildman–Crippen MR) is 113 cm³/mol. The quantitative estimate of drug-likeness (QED) is 0.425. The van der Waals surface area contributed by atoms with Gasteiger partial charge in [0.05, 0.1) is 16.0 Å². The maximum Gasteiger partial charge on any atom is 0.231 e. The van der Waals surface area contributed by atoms with Crippen LogP contribution in [0.5, 0.6) is 11.5 Å². The van der Waals surface area contributed by atoms with Gasteiger partial charge in [0.25, 0.3) is 0 Å². The topological polar surface area (TPSA) is 99.4 Å². The summed E-state index contributed by atoms with van der Waals surface area (Å²) in [6, 6.07) is 13.3. The fraction of sp³-hybridized carbons (Fsp3) is 0.200. The summed E-state index contributed by atoms with van der Waals surface area (Å²) in [7, 11) is 0. The lowest BCUT2D eigenvalue weighted by Crippen LogP contribution is -2.12. The number of amides is 1. The van der Waals surface area contributed by atoms with Gasteiger partial charge in [-0.1, -0.05) is 29.1 Å². The highest BCUT2D eigenvalue weighted by molar-refractivity contribution is 8.00. The van der Waals surface area contributed by atoms with Gasteiger partial charge in [-0.15, -0.1) is 11.3 Å². The number of hydrogen-bond donors (Lipinski definition) is 1. The van der Waals surface area contributed by atoms with Gasteiger partial charge in [-0.3, -0.25) is 4.79 Å². The van der Waals surface area contributed by atoms with E-state index in [1.54, 1.807) is 41.3 Å². The second-order valence-electron chi connectivity index (χ2n) is 6.46. The Kier molecular flexibility index (Phi) is 5.24. The van der Waals surface area contributed by atoms with E-state index in [2.05, 4.69) is 26.5 Å². The molecular formula is C20H16N4O4S2. The zero-order valence-corrected chi connectivity index (χ0v) is 17.3. The molecule has 0 fully saturated rings. The van der Waals surface area contributed by atoms with E-state index >= 15 is 0 Å². The molecule has 0 atom stereocenters. The van der Waals surface area contributed by atoms with E-state index in [-0.39, 0.29) is 19.1 Å². The van der Waals surface area contributed by atoms with Crippen molar-refractivity contribution in [3.8, 4) is 11.5 Å². The first kappa shape index (κ1) is 18.9. The first-order valence-corrected chi connectivity index (χ1v) is 11.0. The summed E-state index contributed by atoms with van der Waals surface area (Å²) in [4.78, 5) is 21.2. The number of aromatic nitrogens is 3. The van der Waals surface area contributed by atoms with Crippen molar-refractivity contribution in [1.29, 1.82) is 0 Å². The van der Waals surface area contributed by atoms with E-state index in [1.807, 2.05) is 18.2 Å². The van der Waals surface area contributed by atoms with E-state index in [9.17, 15) is 4.79 Å². The van der Waals surface area contributed by atoms with Crippen LogP contribution in [0.25, 0.3) is 10.2 Å². The summed E-state index contributed by atoms with van der Waals surface area (Å²) in [6.45, 7) is 0.198. The number of carbonyl (C=O) groups is 1. The minimum atomic E-state index is -0.141. The maximum atomic E-state index is 12.2. The lowest BCUT2D eigenvalue weighted by atomic mass is 10.2. The number of aryl methyl sites for hydroxylation is 1. The van der Waals surface area contributed by atoms with E-state index in [0.717, 1.165) is 14.6 Å². The van der Waals surface area contributed by atoms with Crippen LogP contribution in [0.1, 0.15) is 18.1 Å². The van der Waals surface area contributed by atoms with Crippen molar-refractivity contribution in [3.63, 3.8) is 0 Å². The van der Waals surface area contributed by atoms with Crippen molar-refractivity contribution in [2.75, 3.05) is 12.1 Å². The number of fused-ring (bicyclic) bond motifs is 2. The third-order valence-corrected chi connectivity index (χ3v) is 6.51. The number of carbonyl (C=O) groups excluding carboxylic acids is 1. The van der Waals surface area contributed by atoms with Crippen molar-refractivity contribution >= 4 is 44.9 Å². The smallest absolute Gasteiger partial charge is 0.231 e. The molecule has 1 aliphatic heterocycles. The number of rotatable bonds is 7. The predicted octanol–water partition coefficient (Wildman–Crippen LogP) is 4.27. The SMILES string of the molecule is O=C(CCc1nc(CSc2nc3ccccc3s2)no1)Nc1ccc2c(c1)OCO2. The minimum Gasteiger partial charge on any atom is -0.454 e.